The van der Waals surface area contributed by atoms with Crippen molar-refractivity contribution in [1.82, 2.24) is 40.4 Å². The molecule has 4 aliphatic rings. The molecule has 2 aliphatic heterocycles. The van der Waals surface area contributed by atoms with Crippen molar-refractivity contribution in [2.45, 2.75) is 95.6 Å². The minimum absolute atomic E-state index is 0.0560. The number of ether oxygens (including phenoxy) is 3. The maximum Gasteiger partial charge on any atom is 0.407 e. The van der Waals surface area contributed by atoms with Crippen molar-refractivity contribution in [3.05, 3.63) is 84.7 Å². The van der Waals surface area contributed by atoms with Crippen LogP contribution in [-0.2, 0) is 23.8 Å². The number of halogens is 2. The lowest BCUT2D eigenvalue weighted by molar-refractivity contribution is -0.144. The lowest BCUT2D eigenvalue weighted by Gasteiger charge is -2.36. The number of benzene rings is 3. The highest BCUT2D eigenvalue weighted by Crippen LogP contribution is 2.58. The highest BCUT2D eigenvalue weighted by Gasteiger charge is 2.55. The summed E-state index contributed by atoms with van der Waals surface area (Å²) in [6, 6.07) is 18.4. The molecule has 2 saturated heterocycles. The van der Waals surface area contributed by atoms with E-state index >= 15 is 0 Å². The van der Waals surface area contributed by atoms with Gasteiger partial charge < -0.3 is 44.6 Å². The molecular weight excluding hydrogens is 839 g/mol. The molecule has 1 unspecified atom stereocenters. The second-order valence-electron chi connectivity index (χ2n) is 18.3. The molecule has 2 saturated carbocycles. The Morgan fingerprint density at radius 3 is 2.09 bits per heavy atom. The summed E-state index contributed by atoms with van der Waals surface area (Å²) in [7, 11) is 2.47. The first-order valence-electron chi connectivity index (χ1n) is 22.3. The van der Waals surface area contributed by atoms with Crippen molar-refractivity contribution >= 4 is 34.8 Å². The molecule has 3 aromatic carbocycles. The van der Waals surface area contributed by atoms with E-state index in [-0.39, 0.29) is 53.6 Å². The van der Waals surface area contributed by atoms with Crippen LogP contribution < -0.4 is 10.6 Å². The van der Waals surface area contributed by atoms with Crippen LogP contribution in [0.3, 0.4) is 0 Å². The molecule has 4 amide bonds. The number of nitrogens with one attached hydrogen (secondary N) is 4. The molecule has 2 aliphatic carbocycles. The maximum atomic E-state index is 14.0. The largest absolute Gasteiger partial charge is 0.453 e. The molecular formula is C48H54F2N8O7. The molecule has 4 N–H and O–H groups in total. The van der Waals surface area contributed by atoms with E-state index in [0.29, 0.717) is 12.4 Å². The van der Waals surface area contributed by atoms with Crippen LogP contribution in [0.5, 0.6) is 0 Å². The normalized spacial score (nSPS) is 21.6. The molecule has 65 heavy (non-hydrogen) atoms. The highest BCUT2D eigenvalue weighted by molar-refractivity contribution is 5.91. The monoisotopic (exact) mass is 892 g/mol. The first kappa shape index (κ1) is 43.9. The number of fused-ring (bicyclic) bond motifs is 3. The predicted molar refractivity (Wildman–Crippen MR) is 236 cm³/mol. The predicted octanol–water partition coefficient (Wildman–Crippen LogP) is 8.13. The summed E-state index contributed by atoms with van der Waals surface area (Å²) < 4.78 is 39.5. The number of aromatic amines is 2. The van der Waals surface area contributed by atoms with Crippen molar-refractivity contribution in [3.8, 4) is 33.6 Å². The summed E-state index contributed by atoms with van der Waals surface area (Å²) in [5, 5.41) is 7.39. The Morgan fingerprint density at radius 2 is 1.42 bits per heavy atom. The SMILES string of the molecule is COC(=O)N[C@@H](CCOC(F)F)C(=O)N1C(c2ncc(-c3ccc(-c4ccc5cc(-c6cnc([C@@H]7CC8(CC8)CN7C(=O)[C@@H](NC(=O)OC)C(C)C)[nH]6)ccc5c4)cc3)[nH]2)[C@H]2CC[C@@H]1C2. The van der Waals surface area contributed by atoms with Crippen molar-refractivity contribution < 1.29 is 42.2 Å². The molecule has 4 fully saturated rings. The second-order valence-corrected chi connectivity index (χ2v) is 18.3. The maximum absolute atomic E-state index is 14.0. The topological polar surface area (TPSA) is 184 Å². The summed E-state index contributed by atoms with van der Waals surface area (Å²) in [6.07, 6.45) is 7.49. The average Bonchev–Trinajstić information content (AvgIpc) is 3.94. The first-order valence-corrected chi connectivity index (χ1v) is 22.3. The van der Waals surface area contributed by atoms with E-state index < -0.39 is 37.5 Å². The summed E-state index contributed by atoms with van der Waals surface area (Å²) in [4.78, 5) is 72.3. The zero-order valence-electron chi connectivity index (χ0n) is 36.8. The lowest BCUT2D eigenvalue weighted by Crippen LogP contribution is -2.52. The summed E-state index contributed by atoms with van der Waals surface area (Å²) in [6.45, 7) is 1.07. The van der Waals surface area contributed by atoms with Gasteiger partial charge in [0.05, 0.1) is 56.7 Å². The van der Waals surface area contributed by atoms with Gasteiger partial charge in [-0.3, -0.25) is 9.59 Å². The molecule has 9 rings (SSSR count). The Hall–Kier alpha value is -6.36. The summed E-state index contributed by atoms with van der Waals surface area (Å²) in [5.41, 5.74) is 5.74. The van der Waals surface area contributed by atoms with Crippen molar-refractivity contribution in [3.63, 3.8) is 0 Å². The third-order valence-electron chi connectivity index (χ3n) is 13.9. The lowest BCUT2D eigenvalue weighted by atomic mass is 9.97. The zero-order chi connectivity index (χ0) is 45.6. The standard InChI is InChI=1S/C48H54F2N8O7/c1-26(2)39(56-47(62)64-4)44(60)57-25-48(16-17-48)22-38(57)41-51-24-37(53-41)32-12-11-30-19-29(9-10-31(30)20-32)27-5-7-28(8-6-27)36-23-52-42(54-36)40-33-13-14-34(21-33)58(40)43(59)35(55-46(61)63-3)15-18-65-45(49)50/h5-12,19-20,23-24,26,33-35,38-40,45H,13-18,21-22,25H2,1-4H3,(H,51,53)(H,52,54)(H,55,61)(H,56,62)/t33-,34+,35-,38-,39-,40?/m0/s1. The van der Waals surface area contributed by atoms with Gasteiger partial charge in [-0.1, -0.05) is 62.4 Å². The van der Waals surface area contributed by atoms with E-state index in [1.165, 1.54) is 14.2 Å². The quantitative estimate of drug-likeness (QED) is 0.0855. The zero-order valence-corrected chi connectivity index (χ0v) is 36.8. The number of carbonyl (C=O) groups is 4. The number of likely N-dealkylation sites (tertiary alicyclic amines) is 2. The fraction of sp³-hybridized carbons (Fsp3) is 0.458. The van der Waals surface area contributed by atoms with Gasteiger partial charge in [-0.2, -0.15) is 8.78 Å². The number of piperidine rings is 1. The van der Waals surface area contributed by atoms with Gasteiger partial charge in [0, 0.05) is 24.6 Å². The molecule has 5 aromatic rings. The fourth-order valence-corrected chi connectivity index (χ4v) is 10.2. The number of hydrogen-bond acceptors (Lipinski definition) is 9. The number of carbonyl (C=O) groups excluding carboxylic acids is 4. The van der Waals surface area contributed by atoms with Gasteiger partial charge in [-0.25, -0.2) is 19.6 Å². The van der Waals surface area contributed by atoms with Crippen LogP contribution in [0.4, 0.5) is 18.4 Å². The number of methoxy groups -OCH3 is 2. The number of aromatic nitrogens is 4. The number of alkyl carbamates (subject to hydrolysis) is 2. The van der Waals surface area contributed by atoms with E-state index in [0.717, 1.165) is 88.8 Å². The molecule has 4 heterocycles. The van der Waals surface area contributed by atoms with Crippen molar-refractivity contribution in [2.24, 2.45) is 17.3 Å². The molecule has 2 bridgehead atoms. The van der Waals surface area contributed by atoms with Crippen LogP contribution in [0.2, 0.25) is 0 Å². The van der Waals surface area contributed by atoms with Crippen LogP contribution in [-0.4, -0.2) is 106 Å². The van der Waals surface area contributed by atoms with Gasteiger partial charge in [-0.15, -0.1) is 0 Å². The molecule has 2 aromatic heterocycles. The van der Waals surface area contributed by atoms with E-state index in [1.807, 2.05) is 37.1 Å². The minimum atomic E-state index is -2.99. The molecule has 15 nitrogen and oxygen atoms in total. The number of amides is 4. The molecule has 6 atom stereocenters. The number of imidazole rings is 2. The average molecular weight is 893 g/mol. The Kier molecular flexibility index (Phi) is 12.1. The van der Waals surface area contributed by atoms with Crippen molar-refractivity contribution in [1.29, 1.82) is 0 Å². The van der Waals surface area contributed by atoms with Crippen LogP contribution in [0.15, 0.2) is 73.1 Å². The van der Waals surface area contributed by atoms with Gasteiger partial charge in [0.15, 0.2) is 0 Å². The molecule has 1 spiro atoms. The van der Waals surface area contributed by atoms with Crippen molar-refractivity contribution in [2.75, 3.05) is 27.4 Å². The van der Waals surface area contributed by atoms with E-state index in [1.54, 1.807) is 11.1 Å². The van der Waals surface area contributed by atoms with Gasteiger partial charge >= 0.3 is 18.8 Å². The number of hydrogen-bond donors (Lipinski definition) is 4. The third-order valence-corrected chi connectivity index (χ3v) is 13.9. The van der Waals surface area contributed by atoms with E-state index in [2.05, 4.69) is 73.9 Å². The Bertz CT molecular complexity index is 2570. The smallest absolute Gasteiger partial charge is 0.407 e. The Morgan fingerprint density at radius 1 is 0.800 bits per heavy atom. The van der Waals surface area contributed by atoms with Crippen LogP contribution in [0.1, 0.15) is 82.5 Å². The van der Waals surface area contributed by atoms with Gasteiger partial charge in [0.1, 0.15) is 23.7 Å². The van der Waals surface area contributed by atoms with Gasteiger partial charge in [0.2, 0.25) is 11.8 Å². The van der Waals surface area contributed by atoms with Gasteiger partial charge in [-0.05, 0) is 95.4 Å². The molecule has 342 valence electrons. The fourth-order valence-electron chi connectivity index (χ4n) is 10.2. The molecule has 0 radical (unpaired) electrons. The number of alkyl halides is 2. The van der Waals surface area contributed by atoms with Gasteiger partial charge in [0.25, 0.3) is 0 Å². The Balaban J connectivity index is 0.883. The van der Waals surface area contributed by atoms with E-state index in [9.17, 15) is 28.0 Å². The van der Waals surface area contributed by atoms with Crippen LogP contribution in [0.25, 0.3) is 44.4 Å². The number of H-pyrrole nitrogens is 2. The van der Waals surface area contributed by atoms with Crippen LogP contribution in [0, 0.1) is 17.3 Å². The number of rotatable bonds is 14. The number of nitrogens with zero attached hydrogens (tertiary/aromatic N) is 4. The highest BCUT2D eigenvalue weighted by atomic mass is 19.3. The van der Waals surface area contributed by atoms with Crippen LogP contribution >= 0.6 is 0 Å². The van der Waals surface area contributed by atoms with E-state index in [4.69, 9.17) is 19.4 Å². The first-order chi connectivity index (χ1) is 31.3. The third kappa shape index (κ3) is 8.89. The summed E-state index contributed by atoms with van der Waals surface area (Å²) >= 11 is 0. The summed E-state index contributed by atoms with van der Waals surface area (Å²) in [5.74, 6) is 0.915. The second kappa shape index (κ2) is 17.9. The molecule has 17 heteroatoms. The Labute approximate surface area is 375 Å². The minimum Gasteiger partial charge on any atom is -0.453 e.